The van der Waals surface area contributed by atoms with Crippen LogP contribution in [0.15, 0.2) is 42.7 Å². The molecule has 3 heteroatoms. The summed E-state index contributed by atoms with van der Waals surface area (Å²) in [5.74, 6) is 0. The van der Waals surface area contributed by atoms with Crippen molar-refractivity contribution in [2.24, 2.45) is 0 Å². The molecule has 0 spiro atoms. The van der Waals surface area contributed by atoms with Gasteiger partial charge in [-0.1, -0.05) is 50.6 Å². The van der Waals surface area contributed by atoms with E-state index in [1.165, 1.54) is 5.56 Å². The molecule has 1 heterocycles. The van der Waals surface area contributed by atoms with Gasteiger partial charge in [-0.2, -0.15) is 0 Å². The highest BCUT2D eigenvalue weighted by Gasteiger charge is 2.12. The van der Waals surface area contributed by atoms with Crippen LogP contribution in [0.1, 0.15) is 49.7 Å². The van der Waals surface area contributed by atoms with Gasteiger partial charge in [-0.05, 0) is 31.0 Å². The number of aryl methyl sites for hydroxylation is 1. The number of aromatic nitrogens is 2. The highest BCUT2D eigenvalue weighted by atomic mass is 14.9. The van der Waals surface area contributed by atoms with E-state index in [-0.39, 0.29) is 0 Å². The topological polar surface area (TPSA) is 37.8 Å². The van der Waals surface area contributed by atoms with Crippen molar-refractivity contribution in [3.05, 3.63) is 59.7 Å². The largest absolute Gasteiger partial charge is 0.310 e. The van der Waals surface area contributed by atoms with E-state index in [1.54, 1.807) is 6.33 Å². The monoisotopic (exact) mass is 283 g/mol. The van der Waals surface area contributed by atoms with E-state index < -0.39 is 0 Å². The van der Waals surface area contributed by atoms with Crippen LogP contribution in [-0.4, -0.2) is 16.5 Å². The maximum Gasteiger partial charge on any atom is 0.115 e. The van der Waals surface area contributed by atoms with Gasteiger partial charge in [0.2, 0.25) is 0 Å². The molecule has 112 valence electrons. The van der Waals surface area contributed by atoms with Crippen LogP contribution in [0, 0.1) is 0 Å². The van der Waals surface area contributed by atoms with E-state index in [1.807, 2.05) is 0 Å². The van der Waals surface area contributed by atoms with Crippen LogP contribution in [0.4, 0.5) is 0 Å². The van der Waals surface area contributed by atoms with Crippen LogP contribution < -0.4 is 5.32 Å². The van der Waals surface area contributed by atoms with E-state index in [0.717, 1.165) is 43.6 Å². The molecule has 2 rings (SSSR count). The maximum absolute atomic E-state index is 4.44. The van der Waals surface area contributed by atoms with Crippen molar-refractivity contribution in [1.82, 2.24) is 15.3 Å². The molecule has 1 atom stereocenters. The molecule has 0 fully saturated rings. The fourth-order valence-corrected chi connectivity index (χ4v) is 2.47. The minimum absolute atomic E-state index is 0.315. The molecule has 0 saturated carbocycles. The predicted molar refractivity (Wildman–Crippen MR) is 87.2 cm³/mol. The second kappa shape index (κ2) is 8.53. The van der Waals surface area contributed by atoms with Crippen LogP contribution in [0.3, 0.4) is 0 Å². The van der Waals surface area contributed by atoms with Gasteiger partial charge in [0.1, 0.15) is 6.33 Å². The molecule has 0 aliphatic rings. The molecule has 0 bridgehead atoms. The molecule has 2 aromatic rings. The first-order valence-electron chi connectivity index (χ1n) is 7.91. The van der Waals surface area contributed by atoms with E-state index in [4.69, 9.17) is 0 Å². The number of rotatable bonds is 8. The van der Waals surface area contributed by atoms with E-state index in [9.17, 15) is 0 Å². The van der Waals surface area contributed by atoms with Crippen molar-refractivity contribution < 1.29 is 0 Å². The molecule has 0 aliphatic heterocycles. The molecular formula is C18H25N3. The third-order valence-corrected chi connectivity index (χ3v) is 3.54. The minimum atomic E-state index is 0.315. The lowest BCUT2D eigenvalue weighted by Crippen LogP contribution is -2.24. The first-order valence-corrected chi connectivity index (χ1v) is 7.91. The highest BCUT2D eigenvalue weighted by Crippen LogP contribution is 2.17. The number of nitrogens with zero attached hydrogens (tertiary/aromatic N) is 2. The molecule has 3 nitrogen and oxygen atoms in total. The minimum Gasteiger partial charge on any atom is -0.310 e. The van der Waals surface area contributed by atoms with Crippen molar-refractivity contribution in [3.8, 4) is 0 Å². The van der Waals surface area contributed by atoms with Crippen molar-refractivity contribution in [1.29, 1.82) is 0 Å². The molecule has 0 radical (unpaired) electrons. The summed E-state index contributed by atoms with van der Waals surface area (Å²) in [6.45, 7) is 5.39. The SMILES string of the molecule is CCCNC(Cc1cc(CCC)ncn1)c1ccccc1. The Kier molecular flexibility index (Phi) is 6.35. The normalized spacial score (nSPS) is 12.3. The Morgan fingerprint density at radius 2 is 1.76 bits per heavy atom. The summed E-state index contributed by atoms with van der Waals surface area (Å²) in [6, 6.07) is 13.1. The summed E-state index contributed by atoms with van der Waals surface area (Å²) in [7, 11) is 0. The van der Waals surface area contributed by atoms with Gasteiger partial charge in [0.25, 0.3) is 0 Å². The zero-order valence-corrected chi connectivity index (χ0v) is 13.0. The summed E-state index contributed by atoms with van der Waals surface area (Å²) in [5.41, 5.74) is 3.58. The average Bonchev–Trinajstić information content (AvgIpc) is 2.53. The molecule has 1 aromatic carbocycles. The van der Waals surface area contributed by atoms with Gasteiger partial charge in [0.15, 0.2) is 0 Å². The Morgan fingerprint density at radius 3 is 2.48 bits per heavy atom. The van der Waals surface area contributed by atoms with Gasteiger partial charge in [-0.3, -0.25) is 0 Å². The lowest BCUT2D eigenvalue weighted by molar-refractivity contribution is 0.523. The van der Waals surface area contributed by atoms with E-state index >= 15 is 0 Å². The number of hydrogen-bond acceptors (Lipinski definition) is 3. The van der Waals surface area contributed by atoms with Gasteiger partial charge >= 0.3 is 0 Å². The average molecular weight is 283 g/mol. The van der Waals surface area contributed by atoms with Crippen LogP contribution in [0.25, 0.3) is 0 Å². The van der Waals surface area contributed by atoms with Crippen LogP contribution in [0.2, 0.25) is 0 Å². The first kappa shape index (κ1) is 15.6. The Balaban J connectivity index is 2.12. The van der Waals surface area contributed by atoms with E-state index in [0.29, 0.717) is 6.04 Å². The predicted octanol–water partition coefficient (Wildman–Crippen LogP) is 3.71. The lowest BCUT2D eigenvalue weighted by Gasteiger charge is -2.19. The second-order valence-corrected chi connectivity index (χ2v) is 5.37. The summed E-state index contributed by atoms with van der Waals surface area (Å²) in [4.78, 5) is 8.78. The Labute approximate surface area is 127 Å². The van der Waals surface area contributed by atoms with Crippen LogP contribution in [-0.2, 0) is 12.8 Å². The lowest BCUT2D eigenvalue weighted by atomic mass is 10.0. The molecule has 0 amide bonds. The first-order chi connectivity index (χ1) is 10.3. The third kappa shape index (κ3) is 4.94. The Morgan fingerprint density at radius 1 is 1.00 bits per heavy atom. The standard InChI is InChI=1S/C18H25N3/c1-3-8-16-12-17(21-14-20-16)13-18(19-11-4-2)15-9-6-5-7-10-15/h5-7,9-10,12,14,18-19H,3-4,8,11,13H2,1-2H3. The Bertz CT molecular complexity index is 525. The van der Waals surface area contributed by atoms with Gasteiger partial charge in [-0.15, -0.1) is 0 Å². The zero-order chi connectivity index (χ0) is 14.9. The molecule has 1 N–H and O–H groups in total. The van der Waals surface area contributed by atoms with Crippen LogP contribution in [0.5, 0.6) is 0 Å². The second-order valence-electron chi connectivity index (χ2n) is 5.37. The van der Waals surface area contributed by atoms with Gasteiger partial charge < -0.3 is 5.32 Å². The molecule has 0 aliphatic carbocycles. The molecule has 1 aromatic heterocycles. The van der Waals surface area contributed by atoms with Gasteiger partial charge in [0.05, 0.1) is 0 Å². The highest BCUT2D eigenvalue weighted by molar-refractivity contribution is 5.21. The number of hydrogen-bond donors (Lipinski definition) is 1. The van der Waals surface area contributed by atoms with Crippen molar-refractivity contribution in [2.45, 2.75) is 45.6 Å². The van der Waals surface area contributed by atoms with Gasteiger partial charge in [0, 0.05) is 23.9 Å². The third-order valence-electron chi connectivity index (χ3n) is 3.54. The summed E-state index contributed by atoms with van der Waals surface area (Å²) in [5, 5.41) is 3.63. The zero-order valence-electron chi connectivity index (χ0n) is 13.0. The summed E-state index contributed by atoms with van der Waals surface area (Å²) in [6.07, 6.45) is 5.88. The van der Waals surface area contributed by atoms with Crippen LogP contribution >= 0.6 is 0 Å². The number of nitrogens with one attached hydrogen (secondary N) is 1. The summed E-state index contributed by atoms with van der Waals surface area (Å²) < 4.78 is 0. The Hall–Kier alpha value is -1.74. The number of benzene rings is 1. The fourth-order valence-electron chi connectivity index (χ4n) is 2.47. The fraction of sp³-hybridized carbons (Fsp3) is 0.444. The smallest absolute Gasteiger partial charge is 0.115 e. The summed E-state index contributed by atoms with van der Waals surface area (Å²) >= 11 is 0. The molecule has 0 saturated heterocycles. The van der Waals surface area contributed by atoms with E-state index in [2.05, 4.69) is 65.5 Å². The molecular weight excluding hydrogens is 258 g/mol. The maximum atomic E-state index is 4.44. The molecule has 21 heavy (non-hydrogen) atoms. The van der Waals surface area contributed by atoms with Crippen molar-refractivity contribution in [3.63, 3.8) is 0 Å². The van der Waals surface area contributed by atoms with Crippen molar-refractivity contribution in [2.75, 3.05) is 6.54 Å². The van der Waals surface area contributed by atoms with Crippen molar-refractivity contribution >= 4 is 0 Å². The quantitative estimate of drug-likeness (QED) is 0.802. The van der Waals surface area contributed by atoms with Gasteiger partial charge in [-0.25, -0.2) is 9.97 Å². The molecule has 1 unspecified atom stereocenters.